The second-order valence-corrected chi connectivity index (χ2v) is 4.11. The first-order valence-corrected chi connectivity index (χ1v) is 5.60. The van der Waals surface area contributed by atoms with E-state index in [9.17, 15) is 24.9 Å². The van der Waals surface area contributed by atoms with Crippen molar-refractivity contribution in [1.82, 2.24) is 5.32 Å². The zero-order valence-corrected chi connectivity index (χ0v) is 10.2. The SMILES string of the molecule is CC(=O)N[C@@H]1[C@@H](O)[C@H](O)[C@@H](COC(=O)CO)O[C@H]1O. The van der Waals surface area contributed by atoms with E-state index >= 15 is 0 Å². The molecule has 5 N–H and O–H groups in total. The van der Waals surface area contributed by atoms with Crippen LogP contribution < -0.4 is 5.32 Å². The molecule has 0 aromatic heterocycles. The highest BCUT2D eigenvalue weighted by atomic mass is 16.6. The minimum atomic E-state index is -1.56. The lowest BCUT2D eigenvalue weighted by atomic mass is 9.97. The van der Waals surface area contributed by atoms with Crippen LogP contribution in [0.5, 0.6) is 0 Å². The van der Waals surface area contributed by atoms with Gasteiger partial charge in [-0.25, -0.2) is 4.79 Å². The summed E-state index contributed by atoms with van der Waals surface area (Å²) >= 11 is 0. The van der Waals surface area contributed by atoms with Crippen LogP contribution >= 0.6 is 0 Å². The predicted octanol–water partition coefficient (Wildman–Crippen LogP) is -3.53. The van der Waals surface area contributed by atoms with Crippen LogP contribution in [-0.2, 0) is 19.1 Å². The molecule has 0 bridgehead atoms. The monoisotopic (exact) mass is 279 g/mol. The van der Waals surface area contributed by atoms with E-state index in [-0.39, 0.29) is 0 Å². The van der Waals surface area contributed by atoms with Gasteiger partial charge in [-0.3, -0.25) is 4.79 Å². The van der Waals surface area contributed by atoms with Gasteiger partial charge in [0.2, 0.25) is 5.91 Å². The molecule has 9 nitrogen and oxygen atoms in total. The number of aliphatic hydroxyl groups is 4. The third kappa shape index (κ3) is 4.11. The summed E-state index contributed by atoms with van der Waals surface area (Å²) in [7, 11) is 0. The van der Waals surface area contributed by atoms with Gasteiger partial charge in [-0.1, -0.05) is 0 Å². The molecule has 0 radical (unpaired) electrons. The van der Waals surface area contributed by atoms with E-state index in [1.165, 1.54) is 6.92 Å². The van der Waals surface area contributed by atoms with Crippen molar-refractivity contribution in [3.63, 3.8) is 0 Å². The molecule has 1 heterocycles. The second kappa shape index (κ2) is 6.78. The maximum Gasteiger partial charge on any atom is 0.331 e. The van der Waals surface area contributed by atoms with Crippen molar-refractivity contribution in [3.8, 4) is 0 Å². The standard InChI is InChI=1S/C10H17NO8/c1-4(13)11-7-9(16)8(15)5(19-10(7)17)3-18-6(14)2-12/h5,7-10,12,15-17H,2-3H2,1H3,(H,11,13)/t5-,7-,8-,9-,10-/m1/s1. The predicted molar refractivity (Wildman–Crippen MR) is 58.5 cm³/mol. The minimum Gasteiger partial charge on any atom is -0.461 e. The Morgan fingerprint density at radius 1 is 1.26 bits per heavy atom. The number of aliphatic hydroxyl groups excluding tert-OH is 4. The molecule has 0 saturated carbocycles. The lowest BCUT2D eigenvalue weighted by molar-refractivity contribution is -0.255. The topological polar surface area (TPSA) is 146 Å². The Bertz CT molecular complexity index is 335. The maximum absolute atomic E-state index is 10.9. The average molecular weight is 279 g/mol. The van der Waals surface area contributed by atoms with Crippen molar-refractivity contribution in [2.75, 3.05) is 13.2 Å². The molecule has 1 fully saturated rings. The van der Waals surface area contributed by atoms with Gasteiger partial charge in [-0.15, -0.1) is 0 Å². The van der Waals surface area contributed by atoms with Gasteiger partial charge in [0.1, 0.15) is 37.6 Å². The van der Waals surface area contributed by atoms with Crippen LogP contribution in [0.1, 0.15) is 6.92 Å². The fourth-order valence-electron chi connectivity index (χ4n) is 1.70. The molecule has 110 valence electrons. The first-order valence-electron chi connectivity index (χ1n) is 5.60. The Morgan fingerprint density at radius 3 is 2.42 bits per heavy atom. The van der Waals surface area contributed by atoms with E-state index in [1.807, 2.05) is 0 Å². The van der Waals surface area contributed by atoms with Crippen molar-refractivity contribution in [1.29, 1.82) is 0 Å². The van der Waals surface area contributed by atoms with Crippen molar-refractivity contribution < 1.29 is 39.5 Å². The zero-order valence-electron chi connectivity index (χ0n) is 10.2. The summed E-state index contributed by atoms with van der Waals surface area (Å²) in [6, 6.07) is -1.18. The molecular formula is C10H17NO8. The van der Waals surface area contributed by atoms with E-state index < -0.39 is 55.7 Å². The highest BCUT2D eigenvalue weighted by molar-refractivity contribution is 5.73. The average Bonchev–Trinajstić information content (AvgIpc) is 2.36. The largest absolute Gasteiger partial charge is 0.461 e. The summed E-state index contributed by atoms with van der Waals surface area (Å²) in [5, 5.41) is 39.8. The van der Waals surface area contributed by atoms with Crippen molar-refractivity contribution in [2.24, 2.45) is 0 Å². The molecule has 1 amide bonds. The third-order valence-corrected chi connectivity index (χ3v) is 2.63. The molecule has 0 aromatic rings. The number of hydrogen-bond acceptors (Lipinski definition) is 8. The smallest absolute Gasteiger partial charge is 0.331 e. The summed E-state index contributed by atoms with van der Waals surface area (Å²) in [6.45, 7) is -0.0924. The van der Waals surface area contributed by atoms with Crippen LogP contribution in [0.15, 0.2) is 0 Å². The Balaban J connectivity index is 2.61. The third-order valence-electron chi connectivity index (χ3n) is 2.63. The molecule has 1 saturated heterocycles. The Morgan fingerprint density at radius 2 is 1.89 bits per heavy atom. The Hall–Kier alpha value is -1.26. The summed E-state index contributed by atoms with van der Waals surface area (Å²) in [5.41, 5.74) is 0. The van der Waals surface area contributed by atoms with Gasteiger partial charge in [0, 0.05) is 6.92 Å². The number of esters is 1. The van der Waals surface area contributed by atoms with E-state index in [4.69, 9.17) is 9.84 Å². The van der Waals surface area contributed by atoms with Gasteiger partial charge in [0.25, 0.3) is 0 Å². The van der Waals surface area contributed by atoms with Gasteiger partial charge >= 0.3 is 5.97 Å². The second-order valence-electron chi connectivity index (χ2n) is 4.11. The summed E-state index contributed by atoms with van der Waals surface area (Å²) in [4.78, 5) is 21.6. The van der Waals surface area contributed by atoms with Crippen LogP contribution in [0.2, 0.25) is 0 Å². The molecular weight excluding hydrogens is 262 g/mol. The first-order chi connectivity index (χ1) is 8.86. The molecule has 19 heavy (non-hydrogen) atoms. The van der Waals surface area contributed by atoms with Crippen molar-refractivity contribution in [2.45, 2.75) is 37.6 Å². The molecule has 1 aliphatic rings. The van der Waals surface area contributed by atoms with Gasteiger partial charge in [0.05, 0.1) is 0 Å². The van der Waals surface area contributed by atoms with Crippen LogP contribution in [0.4, 0.5) is 0 Å². The van der Waals surface area contributed by atoms with Crippen LogP contribution in [0.3, 0.4) is 0 Å². The van der Waals surface area contributed by atoms with E-state index in [0.717, 1.165) is 0 Å². The molecule has 5 atom stereocenters. The number of amides is 1. The highest BCUT2D eigenvalue weighted by Gasteiger charge is 2.44. The summed E-state index contributed by atoms with van der Waals surface area (Å²) in [6.07, 6.45) is -5.66. The number of carbonyl (C=O) groups excluding carboxylic acids is 2. The van der Waals surface area contributed by atoms with Gasteiger partial charge in [-0.2, -0.15) is 0 Å². The number of rotatable bonds is 4. The normalized spacial score (nSPS) is 34.7. The summed E-state index contributed by atoms with van der Waals surface area (Å²) < 4.78 is 9.48. The quantitative estimate of drug-likeness (QED) is 0.333. The number of nitrogens with one attached hydrogen (secondary N) is 1. The summed E-state index contributed by atoms with van der Waals surface area (Å²) in [5.74, 6) is -1.44. The van der Waals surface area contributed by atoms with E-state index in [2.05, 4.69) is 10.1 Å². The molecule has 0 aromatic carbocycles. The molecule has 9 heteroatoms. The van der Waals surface area contributed by atoms with Gasteiger partial charge in [-0.05, 0) is 0 Å². The van der Waals surface area contributed by atoms with Crippen molar-refractivity contribution in [3.05, 3.63) is 0 Å². The Kier molecular flexibility index (Phi) is 5.63. The molecule has 1 rings (SSSR count). The number of carbonyl (C=O) groups is 2. The molecule has 0 unspecified atom stereocenters. The van der Waals surface area contributed by atoms with E-state index in [0.29, 0.717) is 0 Å². The highest BCUT2D eigenvalue weighted by Crippen LogP contribution is 2.20. The van der Waals surface area contributed by atoms with Crippen molar-refractivity contribution >= 4 is 11.9 Å². The molecule has 0 spiro atoms. The van der Waals surface area contributed by atoms with Crippen LogP contribution in [0, 0.1) is 0 Å². The van der Waals surface area contributed by atoms with Crippen LogP contribution in [-0.4, -0.2) is 76.2 Å². The molecule has 0 aliphatic carbocycles. The Labute approximate surface area is 108 Å². The van der Waals surface area contributed by atoms with Gasteiger partial charge in [0.15, 0.2) is 6.29 Å². The van der Waals surface area contributed by atoms with E-state index in [1.54, 1.807) is 0 Å². The fourth-order valence-corrected chi connectivity index (χ4v) is 1.70. The number of hydrogen-bond donors (Lipinski definition) is 5. The minimum absolute atomic E-state index is 0.443. The van der Waals surface area contributed by atoms with Gasteiger partial charge < -0.3 is 35.2 Å². The molecule has 1 aliphatic heterocycles. The maximum atomic E-state index is 10.9. The first kappa shape index (κ1) is 15.8. The number of ether oxygens (including phenoxy) is 2. The zero-order chi connectivity index (χ0) is 14.6. The lowest BCUT2D eigenvalue weighted by Gasteiger charge is -2.40. The lowest BCUT2D eigenvalue weighted by Crippen LogP contribution is -2.64. The van der Waals surface area contributed by atoms with Crippen LogP contribution in [0.25, 0.3) is 0 Å². The fraction of sp³-hybridized carbons (Fsp3) is 0.800.